The van der Waals surface area contributed by atoms with Crippen LogP contribution in [0.4, 0.5) is 37.7 Å². The Hall–Kier alpha value is -3.92. The molecule has 0 heterocycles. The van der Waals surface area contributed by atoms with Gasteiger partial charge in [0, 0.05) is 35.4 Å². The van der Waals surface area contributed by atoms with Crippen molar-refractivity contribution in [2.45, 2.75) is 36.4 Å². The number of benzene rings is 2. The number of hydrogen-bond acceptors (Lipinski definition) is 8. The number of phenols is 4. The van der Waals surface area contributed by atoms with Gasteiger partial charge in [0.15, 0.2) is 0 Å². The smallest absolute Gasteiger partial charge is 0.471 e. The van der Waals surface area contributed by atoms with Crippen molar-refractivity contribution >= 4 is 23.2 Å². The summed E-state index contributed by atoms with van der Waals surface area (Å²) < 4.78 is 76.1. The molecule has 0 radical (unpaired) electrons. The SMILES string of the molecule is O=C(Nc1cc(O)cc(O)c1C1C([O-])C(c2c(O)cc(O)cc2NC(=O)C(F)(F)F)C1[O-])C(F)(F)F. The molecule has 0 aromatic heterocycles. The Bertz CT molecular complexity index is 1110. The van der Waals surface area contributed by atoms with Gasteiger partial charge in [0.1, 0.15) is 23.0 Å². The highest BCUT2D eigenvalue weighted by Gasteiger charge is 2.46. The maximum atomic E-state index is 13.0. The van der Waals surface area contributed by atoms with Crippen LogP contribution in [0, 0.1) is 0 Å². The number of hydrogen-bond donors (Lipinski definition) is 6. The molecule has 0 bridgehead atoms. The van der Waals surface area contributed by atoms with E-state index < -0.39 is 93.7 Å². The van der Waals surface area contributed by atoms with Crippen molar-refractivity contribution in [3.05, 3.63) is 35.4 Å². The van der Waals surface area contributed by atoms with Gasteiger partial charge in [0.05, 0.1) is 11.4 Å². The van der Waals surface area contributed by atoms with Crippen molar-refractivity contribution < 1.29 is 66.6 Å². The average Bonchev–Trinajstić information content (AvgIpc) is 2.71. The number of anilines is 2. The maximum Gasteiger partial charge on any atom is 0.471 e. The van der Waals surface area contributed by atoms with Gasteiger partial charge in [0.2, 0.25) is 0 Å². The molecule has 1 aliphatic carbocycles. The second-order valence-corrected chi connectivity index (χ2v) is 7.74. The predicted molar refractivity (Wildman–Crippen MR) is 102 cm³/mol. The minimum Gasteiger partial charge on any atom is -0.851 e. The molecule has 196 valence electrons. The van der Waals surface area contributed by atoms with Gasteiger partial charge in [-0.05, 0) is 11.8 Å². The lowest BCUT2D eigenvalue weighted by Crippen LogP contribution is -2.63. The van der Waals surface area contributed by atoms with Gasteiger partial charge in [-0.15, -0.1) is 12.2 Å². The molecule has 36 heavy (non-hydrogen) atoms. The average molecular weight is 524 g/mol. The molecule has 6 N–H and O–H groups in total. The Balaban J connectivity index is 2.03. The lowest BCUT2D eigenvalue weighted by molar-refractivity contribution is -0.536. The zero-order valence-corrected chi connectivity index (χ0v) is 17.3. The highest BCUT2D eigenvalue weighted by atomic mass is 19.4. The zero-order valence-electron chi connectivity index (χ0n) is 17.3. The Morgan fingerprint density at radius 2 is 0.972 bits per heavy atom. The van der Waals surface area contributed by atoms with Crippen molar-refractivity contribution in [2.75, 3.05) is 10.6 Å². The molecule has 2 aromatic carbocycles. The van der Waals surface area contributed by atoms with Gasteiger partial charge >= 0.3 is 24.2 Å². The fourth-order valence-corrected chi connectivity index (χ4v) is 3.87. The van der Waals surface area contributed by atoms with Gasteiger partial charge in [0.25, 0.3) is 0 Å². The first-order chi connectivity index (χ1) is 16.4. The number of carbonyl (C=O) groups excluding carboxylic acids is 2. The Kier molecular flexibility index (Phi) is 6.63. The number of rotatable bonds is 4. The molecule has 2 amide bonds. The summed E-state index contributed by atoms with van der Waals surface area (Å²) in [5.41, 5.74) is -3.44. The molecule has 3 rings (SSSR count). The molecule has 1 aliphatic rings. The second kappa shape index (κ2) is 8.94. The lowest BCUT2D eigenvalue weighted by Gasteiger charge is -2.62. The van der Waals surface area contributed by atoms with Crippen LogP contribution in [0.15, 0.2) is 24.3 Å². The van der Waals surface area contributed by atoms with Crippen LogP contribution in [-0.2, 0) is 9.59 Å². The topological polar surface area (TPSA) is 185 Å². The first kappa shape index (κ1) is 26.7. The molecule has 2 aromatic rings. The van der Waals surface area contributed by atoms with Crippen molar-refractivity contribution in [3.8, 4) is 23.0 Å². The van der Waals surface area contributed by atoms with Gasteiger partial charge < -0.3 is 41.3 Å². The molecular formula is C20H14F6N2O8-2. The van der Waals surface area contributed by atoms with E-state index in [-0.39, 0.29) is 0 Å². The van der Waals surface area contributed by atoms with Crippen molar-refractivity contribution in [1.29, 1.82) is 0 Å². The van der Waals surface area contributed by atoms with Crippen LogP contribution in [0.1, 0.15) is 23.0 Å². The van der Waals surface area contributed by atoms with E-state index in [9.17, 15) is 66.6 Å². The zero-order chi connectivity index (χ0) is 27.3. The monoisotopic (exact) mass is 524 g/mol. The third-order valence-corrected chi connectivity index (χ3v) is 5.38. The summed E-state index contributed by atoms with van der Waals surface area (Å²) in [6.45, 7) is 0. The van der Waals surface area contributed by atoms with E-state index >= 15 is 0 Å². The number of carbonyl (C=O) groups is 2. The van der Waals surface area contributed by atoms with Crippen LogP contribution < -0.4 is 20.8 Å². The standard InChI is InChI=1S/C20H14F6N2O8/c21-19(22,23)17(35)27-7-1-5(29)3-9(31)11(7)13-15(33)14(16(13)34)12-8(2-6(30)4-10(12)32)28-18(36)20(24,25)26/h1-4,13-16,29-32H,(H,27,35)(H,28,36)/q-2. The van der Waals surface area contributed by atoms with Crippen LogP contribution in [0.3, 0.4) is 0 Å². The van der Waals surface area contributed by atoms with E-state index in [1.165, 1.54) is 10.6 Å². The van der Waals surface area contributed by atoms with Crippen LogP contribution in [-0.4, -0.2) is 56.8 Å². The third kappa shape index (κ3) is 4.90. The molecule has 0 spiro atoms. The highest BCUT2D eigenvalue weighted by molar-refractivity contribution is 5.97. The molecule has 0 aliphatic heterocycles. The Labute approximate surface area is 196 Å². The van der Waals surface area contributed by atoms with Gasteiger partial charge in [-0.2, -0.15) is 26.3 Å². The molecule has 16 heteroatoms. The van der Waals surface area contributed by atoms with Crippen LogP contribution in [0.2, 0.25) is 0 Å². The van der Waals surface area contributed by atoms with Gasteiger partial charge in [-0.1, -0.05) is 0 Å². The summed E-state index contributed by atoms with van der Waals surface area (Å²) in [4.78, 5) is 22.7. The number of amides is 2. The van der Waals surface area contributed by atoms with E-state index in [4.69, 9.17) is 0 Å². The number of nitrogens with one attached hydrogen (secondary N) is 2. The van der Waals surface area contributed by atoms with Gasteiger partial charge in [-0.3, -0.25) is 9.59 Å². The Morgan fingerprint density at radius 1 is 0.667 bits per heavy atom. The third-order valence-electron chi connectivity index (χ3n) is 5.38. The van der Waals surface area contributed by atoms with E-state index in [0.717, 1.165) is 0 Å². The minimum absolute atomic E-state index is 0.526. The summed E-state index contributed by atoms with van der Waals surface area (Å²) in [5.74, 6) is -12.7. The maximum absolute atomic E-state index is 13.0. The number of phenolic OH excluding ortho intramolecular Hbond substituents is 4. The summed E-state index contributed by atoms with van der Waals surface area (Å²) >= 11 is 0. The Morgan fingerprint density at radius 3 is 1.25 bits per heavy atom. The first-order valence-corrected chi connectivity index (χ1v) is 9.63. The molecule has 1 saturated carbocycles. The summed E-state index contributed by atoms with van der Waals surface area (Å²) in [6, 6.07) is 2.19. The molecule has 0 unspecified atom stereocenters. The molecular weight excluding hydrogens is 510 g/mol. The summed E-state index contributed by atoms with van der Waals surface area (Å²) in [6.07, 6.45) is -15.4. The number of aromatic hydroxyl groups is 4. The van der Waals surface area contributed by atoms with E-state index in [2.05, 4.69) is 0 Å². The highest BCUT2D eigenvalue weighted by Crippen LogP contribution is 2.54. The largest absolute Gasteiger partial charge is 0.851 e. The van der Waals surface area contributed by atoms with Crippen molar-refractivity contribution in [1.82, 2.24) is 0 Å². The van der Waals surface area contributed by atoms with Crippen LogP contribution in [0.5, 0.6) is 23.0 Å². The fraction of sp³-hybridized carbons (Fsp3) is 0.300. The summed E-state index contributed by atoms with van der Waals surface area (Å²) in [5, 5.41) is 68.0. The number of halogens is 6. The lowest BCUT2D eigenvalue weighted by atomic mass is 9.62. The minimum atomic E-state index is -5.43. The molecule has 0 saturated heterocycles. The first-order valence-electron chi connectivity index (χ1n) is 9.63. The molecule has 10 nitrogen and oxygen atoms in total. The normalized spacial score (nSPS) is 22.0. The van der Waals surface area contributed by atoms with E-state index in [1.807, 2.05) is 0 Å². The quantitative estimate of drug-likeness (QED) is 0.318. The molecule has 1 fully saturated rings. The predicted octanol–water partition coefficient (Wildman–Crippen LogP) is 0.849. The number of alkyl halides is 6. The van der Waals surface area contributed by atoms with Crippen LogP contribution in [0.25, 0.3) is 0 Å². The van der Waals surface area contributed by atoms with Crippen molar-refractivity contribution in [3.63, 3.8) is 0 Å². The van der Waals surface area contributed by atoms with E-state index in [1.54, 1.807) is 0 Å². The second-order valence-electron chi connectivity index (χ2n) is 7.74. The summed E-state index contributed by atoms with van der Waals surface area (Å²) in [7, 11) is 0. The van der Waals surface area contributed by atoms with Gasteiger partial charge in [-0.25, -0.2) is 0 Å². The van der Waals surface area contributed by atoms with Crippen molar-refractivity contribution in [2.24, 2.45) is 0 Å². The van der Waals surface area contributed by atoms with E-state index in [0.29, 0.717) is 24.3 Å². The molecule has 0 atom stereocenters. The fourth-order valence-electron chi connectivity index (χ4n) is 3.87. The van der Waals surface area contributed by atoms with Crippen LogP contribution >= 0.6 is 0 Å².